The predicted octanol–water partition coefficient (Wildman–Crippen LogP) is 1.46. The topological polar surface area (TPSA) is 54.0 Å². The van der Waals surface area contributed by atoms with Crippen molar-refractivity contribution in [3.63, 3.8) is 0 Å². The number of hydrogen-bond acceptors (Lipinski definition) is 4. The highest BCUT2D eigenvalue weighted by Crippen LogP contribution is 2.19. The number of amides is 1. The van der Waals surface area contributed by atoms with Crippen LogP contribution in [0.1, 0.15) is 37.6 Å². The van der Waals surface area contributed by atoms with Crippen LogP contribution in [0.2, 0.25) is 0 Å². The van der Waals surface area contributed by atoms with Crippen LogP contribution in [0.25, 0.3) is 0 Å². The third-order valence-corrected chi connectivity index (χ3v) is 3.65. The summed E-state index contributed by atoms with van der Waals surface area (Å²) in [5.41, 5.74) is 1.81. The summed E-state index contributed by atoms with van der Waals surface area (Å²) in [7, 11) is 0. The fraction of sp³-hybridized carbons (Fsp3) is 0.636. The van der Waals surface area contributed by atoms with E-state index >= 15 is 0 Å². The van der Waals surface area contributed by atoms with Gasteiger partial charge < -0.3 is 5.32 Å². The number of nitrogens with one attached hydrogen (secondary N) is 2. The van der Waals surface area contributed by atoms with Gasteiger partial charge in [-0.3, -0.25) is 15.1 Å². The number of hydrogen-bond donors (Lipinski definition) is 2. The van der Waals surface area contributed by atoms with Crippen molar-refractivity contribution in [1.82, 2.24) is 15.6 Å². The van der Waals surface area contributed by atoms with E-state index in [1.807, 2.05) is 18.6 Å². The highest BCUT2D eigenvalue weighted by molar-refractivity contribution is 7.09. The number of rotatable bonds is 5. The van der Waals surface area contributed by atoms with Crippen LogP contribution in [0.3, 0.4) is 0 Å². The van der Waals surface area contributed by atoms with Crippen molar-refractivity contribution in [3.8, 4) is 0 Å². The van der Waals surface area contributed by atoms with Gasteiger partial charge in [0.15, 0.2) is 0 Å². The van der Waals surface area contributed by atoms with E-state index in [4.69, 9.17) is 0 Å². The van der Waals surface area contributed by atoms with Crippen molar-refractivity contribution < 1.29 is 4.79 Å². The number of nitrogens with zero attached hydrogens (tertiary/aromatic N) is 1. The van der Waals surface area contributed by atoms with Crippen LogP contribution in [0.15, 0.2) is 11.7 Å². The maximum atomic E-state index is 11.7. The second-order valence-corrected chi connectivity index (χ2v) is 5.21. The minimum absolute atomic E-state index is 0.0962. The molecular weight excluding hydrogens is 222 g/mol. The van der Waals surface area contributed by atoms with Crippen molar-refractivity contribution >= 4 is 17.2 Å². The van der Waals surface area contributed by atoms with Gasteiger partial charge in [-0.2, -0.15) is 0 Å². The van der Waals surface area contributed by atoms with Gasteiger partial charge in [-0.15, -0.1) is 11.3 Å². The lowest BCUT2D eigenvalue weighted by atomic mass is 10.2. The monoisotopic (exact) mass is 239 g/mol. The molecule has 5 heteroatoms. The summed E-state index contributed by atoms with van der Waals surface area (Å²) in [5, 5.41) is 6.26. The van der Waals surface area contributed by atoms with E-state index < -0.39 is 0 Å². The molecule has 0 saturated heterocycles. The first kappa shape index (κ1) is 11.5. The van der Waals surface area contributed by atoms with Gasteiger partial charge in [-0.1, -0.05) is 0 Å². The number of thiazole rings is 1. The molecular formula is C11H17N3OS. The molecule has 0 aliphatic heterocycles. The standard InChI is InChI=1S/C11H17N3OS/c1-7(10-5-12-6-16-10)13-8(2)11(15)14-9-3-4-9/h5-9,13H,3-4H2,1-2H3,(H,14,15). The molecule has 1 heterocycles. The minimum Gasteiger partial charge on any atom is -0.352 e. The molecule has 88 valence electrons. The SMILES string of the molecule is CC(NC(C)c1cncs1)C(=O)NC1CC1. The van der Waals surface area contributed by atoms with Gasteiger partial charge in [0.2, 0.25) is 5.91 Å². The first-order valence-electron chi connectivity index (χ1n) is 5.61. The van der Waals surface area contributed by atoms with Gasteiger partial charge >= 0.3 is 0 Å². The lowest BCUT2D eigenvalue weighted by Crippen LogP contribution is -2.43. The zero-order valence-electron chi connectivity index (χ0n) is 9.56. The molecule has 2 unspecified atom stereocenters. The van der Waals surface area contributed by atoms with Gasteiger partial charge in [0, 0.05) is 23.2 Å². The Labute approximate surface area is 99.5 Å². The molecule has 1 fully saturated rings. The summed E-state index contributed by atoms with van der Waals surface area (Å²) in [5.74, 6) is 0.0962. The summed E-state index contributed by atoms with van der Waals surface area (Å²) < 4.78 is 0. The van der Waals surface area contributed by atoms with Crippen LogP contribution in [-0.2, 0) is 4.79 Å². The molecule has 2 rings (SSSR count). The molecule has 1 aromatic heterocycles. The van der Waals surface area contributed by atoms with E-state index in [1.54, 1.807) is 11.3 Å². The van der Waals surface area contributed by atoms with Gasteiger partial charge in [0.1, 0.15) is 0 Å². The van der Waals surface area contributed by atoms with Gasteiger partial charge in [0.05, 0.1) is 11.6 Å². The van der Waals surface area contributed by atoms with Gasteiger partial charge in [-0.05, 0) is 26.7 Å². The Morgan fingerprint density at radius 3 is 2.88 bits per heavy atom. The molecule has 1 aromatic rings. The van der Waals surface area contributed by atoms with Crippen LogP contribution in [-0.4, -0.2) is 23.0 Å². The smallest absolute Gasteiger partial charge is 0.237 e. The van der Waals surface area contributed by atoms with Gasteiger partial charge in [0.25, 0.3) is 0 Å². The highest BCUT2D eigenvalue weighted by atomic mass is 32.1. The number of carbonyl (C=O) groups excluding carboxylic acids is 1. The third kappa shape index (κ3) is 3.02. The fourth-order valence-corrected chi connectivity index (χ4v) is 2.16. The van der Waals surface area contributed by atoms with E-state index in [0.29, 0.717) is 6.04 Å². The van der Waals surface area contributed by atoms with E-state index in [0.717, 1.165) is 17.7 Å². The molecule has 4 nitrogen and oxygen atoms in total. The molecule has 1 aliphatic carbocycles. The van der Waals surface area contributed by atoms with E-state index in [1.165, 1.54) is 0 Å². The quantitative estimate of drug-likeness (QED) is 0.818. The summed E-state index contributed by atoms with van der Waals surface area (Å²) in [4.78, 5) is 16.9. The Bertz CT molecular complexity index is 348. The Morgan fingerprint density at radius 2 is 2.31 bits per heavy atom. The highest BCUT2D eigenvalue weighted by Gasteiger charge is 2.26. The Morgan fingerprint density at radius 1 is 1.56 bits per heavy atom. The van der Waals surface area contributed by atoms with Crippen molar-refractivity contribution in [3.05, 3.63) is 16.6 Å². The van der Waals surface area contributed by atoms with E-state index in [2.05, 4.69) is 22.5 Å². The lowest BCUT2D eigenvalue weighted by Gasteiger charge is -2.18. The Hall–Kier alpha value is -0.940. The van der Waals surface area contributed by atoms with Crippen molar-refractivity contribution in [2.45, 2.75) is 44.8 Å². The number of aromatic nitrogens is 1. The van der Waals surface area contributed by atoms with Crippen LogP contribution in [0.5, 0.6) is 0 Å². The number of carbonyl (C=O) groups is 1. The van der Waals surface area contributed by atoms with Crippen molar-refractivity contribution in [1.29, 1.82) is 0 Å². The second-order valence-electron chi connectivity index (χ2n) is 4.30. The van der Waals surface area contributed by atoms with Crippen molar-refractivity contribution in [2.24, 2.45) is 0 Å². The zero-order valence-corrected chi connectivity index (χ0v) is 10.4. The molecule has 2 atom stereocenters. The summed E-state index contributed by atoms with van der Waals surface area (Å²) in [6.07, 6.45) is 4.10. The third-order valence-electron chi connectivity index (χ3n) is 2.70. The summed E-state index contributed by atoms with van der Waals surface area (Å²) in [6, 6.07) is 0.445. The molecule has 0 bridgehead atoms. The minimum atomic E-state index is -0.155. The molecule has 1 aliphatic rings. The van der Waals surface area contributed by atoms with Crippen LogP contribution >= 0.6 is 11.3 Å². The molecule has 0 spiro atoms. The van der Waals surface area contributed by atoms with E-state index in [9.17, 15) is 4.79 Å². The molecule has 1 amide bonds. The fourth-order valence-electron chi connectivity index (χ4n) is 1.53. The van der Waals surface area contributed by atoms with Crippen LogP contribution in [0.4, 0.5) is 0 Å². The van der Waals surface area contributed by atoms with Crippen LogP contribution < -0.4 is 10.6 Å². The van der Waals surface area contributed by atoms with Crippen molar-refractivity contribution in [2.75, 3.05) is 0 Å². The molecule has 0 radical (unpaired) electrons. The zero-order chi connectivity index (χ0) is 11.5. The summed E-state index contributed by atoms with van der Waals surface area (Å²) in [6.45, 7) is 3.95. The molecule has 16 heavy (non-hydrogen) atoms. The average Bonchev–Trinajstić information content (AvgIpc) is 2.89. The lowest BCUT2D eigenvalue weighted by molar-refractivity contribution is -0.123. The summed E-state index contributed by atoms with van der Waals surface area (Å²) >= 11 is 1.61. The molecule has 0 aromatic carbocycles. The molecule has 1 saturated carbocycles. The van der Waals surface area contributed by atoms with Crippen LogP contribution in [0, 0.1) is 0 Å². The first-order chi connectivity index (χ1) is 7.66. The maximum Gasteiger partial charge on any atom is 0.237 e. The van der Waals surface area contributed by atoms with E-state index in [-0.39, 0.29) is 18.0 Å². The predicted molar refractivity (Wildman–Crippen MR) is 64.3 cm³/mol. The molecule has 2 N–H and O–H groups in total. The second kappa shape index (κ2) is 4.93. The largest absolute Gasteiger partial charge is 0.352 e. The Kier molecular flexibility index (Phi) is 3.56. The average molecular weight is 239 g/mol. The normalized spacial score (nSPS) is 19.1. The maximum absolute atomic E-state index is 11.7. The first-order valence-corrected chi connectivity index (χ1v) is 6.49. The Balaban J connectivity index is 1.81. The van der Waals surface area contributed by atoms with Gasteiger partial charge in [-0.25, -0.2) is 0 Å².